The molecule has 0 aliphatic rings. The number of methoxy groups -OCH3 is 1. The van der Waals surface area contributed by atoms with Crippen molar-refractivity contribution in [3.05, 3.63) is 59.7 Å². The van der Waals surface area contributed by atoms with E-state index in [1.165, 1.54) is 5.56 Å². The van der Waals surface area contributed by atoms with Crippen molar-refractivity contribution >= 4 is 22.4 Å². The molecule has 1 aromatic carbocycles. The third kappa shape index (κ3) is 4.09. The molecule has 0 aliphatic heterocycles. The van der Waals surface area contributed by atoms with Crippen molar-refractivity contribution < 1.29 is 9.26 Å². The van der Waals surface area contributed by atoms with E-state index in [0.29, 0.717) is 30.4 Å². The van der Waals surface area contributed by atoms with Gasteiger partial charge in [-0.05, 0) is 43.2 Å². The fourth-order valence-electron chi connectivity index (χ4n) is 3.10. The molecule has 0 bridgehead atoms. The molecule has 0 fully saturated rings. The van der Waals surface area contributed by atoms with Gasteiger partial charge in [-0.25, -0.2) is 9.97 Å². The lowest BCUT2D eigenvalue weighted by Crippen LogP contribution is -1.99. The van der Waals surface area contributed by atoms with Crippen molar-refractivity contribution in [2.75, 3.05) is 19.0 Å². The van der Waals surface area contributed by atoms with Gasteiger partial charge in [-0.1, -0.05) is 24.2 Å². The molecule has 0 amide bonds. The maximum Gasteiger partial charge on any atom is 0.261 e. The highest BCUT2D eigenvalue weighted by Gasteiger charge is 2.17. The van der Waals surface area contributed by atoms with E-state index in [-0.39, 0.29) is 0 Å². The Morgan fingerprint density at radius 1 is 1.07 bits per heavy atom. The van der Waals surface area contributed by atoms with E-state index in [0.717, 1.165) is 34.4 Å². The third-order valence-corrected chi connectivity index (χ3v) is 4.73. The summed E-state index contributed by atoms with van der Waals surface area (Å²) in [6, 6.07) is 12.3. The van der Waals surface area contributed by atoms with Crippen LogP contribution >= 0.6 is 0 Å². The van der Waals surface area contributed by atoms with Gasteiger partial charge in [0.25, 0.3) is 5.89 Å². The number of hydrogen-bond acceptors (Lipinski definition) is 7. The van der Waals surface area contributed by atoms with Crippen LogP contribution in [-0.2, 0) is 17.6 Å². The lowest BCUT2D eigenvalue weighted by Gasteiger charge is -2.13. The number of benzene rings is 1. The Morgan fingerprint density at radius 2 is 1.90 bits per heavy atom. The van der Waals surface area contributed by atoms with Crippen LogP contribution in [-0.4, -0.2) is 33.8 Å². The van der Waals surface area contributed by atoms with E-state index in [9.17, 15) is 0 Å². The number of ether oxygens (including phenoxy) is 1. The number of fused-ring (bicyclic) bond motifs is 1. The van der Waals surface area contributed by atoms with Crippen molar-refractivity contribution in [3.8, 4) is 11.5 Å². The molecule has 4 rings (SSSR count). The van der Waals surface area contributed by atoms with E-state index in [1.807, 2.05) is 19.1 Å². The summed E-state index contributed by atoms with van der Waals surface area (Å²) in [5, 5.41) is 8.46. The first-order chi connectivity index (χ1) is 14.2. The van der Waals surface area contributed by atoms with Gasteiger partial charge < -0.3 is 14.6 Å². The molecule has 1 N–H and O–H groups in total. The van der Waals surface area contributed by atoms with Crippen molar-refractivity contribution in [2.24, 2.45) is 0 Å². The van der Waals surface area contributed by atoms with Crippen molar-refractivity contribution in [1.82, 2.24) is 20.1 Å². The van der Waals surface area contributed by atoms with Crippen LogP contribution in [0, 0.1) is 6.92 Å². The van der Waals surface area contributed by atoms with Crippen LogP contribution in [0.5, 0.6) is 0 Å². The Kier molecular flexibility index (Phi) is 5.48. The van der Waals surface area contributed by atoms with Gasteiger partial charge in [-0.15, -0.1) is 0 Å². The Balaban J connectivity index is 1.79. The number of aryl methyl sites for hydroxylation is 2. The summed E-state index contributed by atoms with van der Waals surface area (Å²) in [6.45, 7) is 4.63. The zero-order valence-electron chi connectivity index (χ0n) is 16.8. The fraction of sp³-hybridized carbons (Fsp3) is 0.273. The van der Waals surface area contributed by atoms with E-state index < -0.39 is 0 Å². The Labute approximate surface area is 169 Å². The molecule has 7 nitrogen and oxygen atoms in total. The predicted molar refractivity (Wildman–Crippen MR) is 112 cm³/mol. The average Bonchev–Trinajstić information content (AvgIpc) is 3.21. The second kappa shape index (κ2) is 8.36. The quantitative estimate of drug-likeness (QED) is 0.498. The SMILES string of the molecule is CCc1ccc(Nc2c(-c3nc(CCOC)no3)cnc3nc(C)ccc23)cc1. The van der Waals surface area contributed by atoms with Crippen molar-refractivity contribution in [1.29, 1.82) is 0 Å². The Bertz CT molecular complexity index is 1120. The van der Waals surface area contributed by atoms with Crippen LogP contribution < -0.4 is 5.32 Å². The zero-order chi connectivity index (χ0) is 20.2. The number of hydrogen-bond donors (Lipinski definition) is 1. The van der Waals surface area contributed by atoms with Gasteiger partial charge in [0.05, 0.1) is 17.9 Å². The van der Waals surface area contributed by atoms with Gasteiger partial charge in [0.1, 0.15) is 0 Å². The molecule has 0 spiro atoms. The second-order valence-electron chi connectivity index (χ2n) is 6.80. The van der Waals surface area contributed by atoms with Crippen LogP contribution in [0.2, 0.25) is 0 Å². The van der Waals surface area contributed by atoms with Crippen LogP contribution in [0.3, 0.4) is 0 Å². The molecule has 0 saturated heterocycles. The summed E-state index contributed by atoms with van der Waals surface area (Å²) >= 11 is 0. The first-order valence-electron chi connectivity index (χ1n) is 9.62. The van der Waals surface area contributed by atoms with Crippen LogP contribution in [0.15, 0.2) is 47.1 Å². The predicted octanol–water partition coefficient (Wildman–Crippen LogP) is 4.48. The lowest BCUT2D eigenvalue weighted by atomic mass is 10.1. The number of nitrogens with zero attached hydrogens (tertiary/aromatic N) is 4. The second-order valence-corrected chi connectivity index (χ2v) is 6.80. The van der Waals surface area contributed by atoms with E-state index >= 15 is 0 Å². The summed E-state index contributed by atoms with van der Waals surface area (Å²) in [4.78, 5) is 13.6. The molecule has 3 aromatic heterocycles. The maximum absolute atomic E-state index is 5.52. The molecule has 0 aliphatic carbocycles. The molecule has 148 valence electrons. The minimum atomic E-state index is 0.416. The molecule has 29 heavy (non-hydrogen) atoms. The van der Waals surface area contributed by atoms with Crippen LogP contribution in [0.1, 0.15) is 24.0 Å². The summed E-state index contributed by atoms with van der Waals surface area (Å²) < 4.78 is 10.6. The number of rotatable bonds is 7. The monoisotopic (exact) mass is 389 g/mol. The standard InChI is InChI=1S/C22H23N5O2/c1-4-15-6-8-16(9-7-15)25-20-17-10-5-14(2)24-21(17)23-13-18(20)22-26-19(27-29-22)11-12-28-3/h5-10,13H,4,11-12H2,1-3H3,(H,23,24,25). The normalized spacial score (nSPS) is 11.1. The molecular formula is C22H23N5O2. The van der Waals surface area contributed by atoms with E-state index in [4.69, 9.17) is 9.26 Å². The average molecular weight is 389 g/mol. The lowest BCUT2D eigenvalue weighted by molar-refractivity contribution is 0.199. The third-order valence-electron chi connectivity index (χ3n) is 4.73. The van der Waals surface area contributed by atoms with Gasteiger partial charge in [0, 0.05) is 36.5 Å². The van der Waals surface area contributed by atoms with Gasteiger partial charge in [0.15, 0.2) is 11.5 Å². The zero-order valence-corrected chi connectivity index (χ0v) is 16.8. The maximum atomic E-state index is 5.52. The number of aromatic nitrogens is 4. The van der Waals surface area contributed by atoms with Crippen LogP contribution in [0.4, 0.5) is 11.4 Å². The molecule has 0 atom stereocenters. The molecular weight excluding hydrogens is 366 g/mol. The Morgan fingerprint density at radius 3 is 2.66 bits per heavy atom. The minimum absolute atomic E-state index is 0.416. The molecule has 0 radical (unpaired) electrons. The summed E-state index contributed by atoms with van der Waals surface area (Å²) in [5.74, 6) is 1.01. The molecule has 3 heterocycles. The van der Waals surface area contributed by atoms with Crippen molar-refractivity contribution in [3.63, 3.8) is 0 Å². The van der Waals surface area contributed by atoms with Crippen molar-refractivity contribution in [2.45, 2.75) is 26.7 Å². The summed E-state index contributed by atoms with van der Waals surface area (Å²) in [5.41, 5.74) is 5.41. The topological polar surface area (TPSA) is 86.0 Å². The first-order valence-corrected chi connectivity index (χ1v) is 9.62. The molecule has 0 saturated carbocycles. The fourth-order valence-corrected chi connectivity index (χ4v) is 3.10. The molecule has 7 heteroatoms. The van der Waals surface area contributed by atoms with E-state index in [2.05, 4.69) is 56.6 Å². The van der Waals surface area contributed by atoms with Gasteiger partial charge in [-0.3, -0.25) is 0 Å². The highest BCUT2D eigenvalue weighted by molar-refractivity contribution is 5.98. The molecule has 4 aromatic rings. The van der Waals surface area contributed by atoms with E-state index in [1.54, 1.807) is 13.3 Å². The van der Waals surface area contributed by atoms with Gasteiger partial charge >= 0.3 is 0 Å². The highest BCUT2D eigenvalue weighted by Crippen LogP contribution is 2.34. The van der Waals surface area contributed by atoms with Gasteiger partial charge in [0.2, 0.25) is 0 Å². The first kappa shape index (κ1) is 19.0. The summed E-state index contributed by atoms with van der Waals surface area (Å²) in [6.07, 6.45) is 3.31. The number of pyridine rings is 2. The largest absolute Gasteiger partial charge is 0.384 e. The molecule has 0 unspecified atom stereocenters. The Hall–Kier alpha value is -3.32. The number of anilines is 2. The minimum Gasteiger partial charge on any atom is -0.384 e. The van der Waals surface area contributed by atoms with Crippen LogP contribution in [0.25, 0.3) is 22.5 Å². The number of nitrogens with one attached hydrogen (secondary N) is 1. The summed E-state index contributed by atoms with van der Waals surface area (Å²) in [7, 11) is 1.65. The highest BCUT2D eigenvalue weighted by atomic mass is 16.5. The van der Waals surface area contributed by atoms with Gasteiger partial charge in [-0.2, -0.15) is 4.98 Å². The smallest absolute Gasteiger partial charge is 0.261 e.